The largest absolute Gasteiger partial charge is 0.394 e. The molecule has 0 aromatic carbocycles. The minimum atomic E-state index is -2.98. The average molecular weight is 182 g/mol. The molecule has 1 saturated heterocycles. The van der Waals surface area contributed by atoms with Crippen molar-refractivity contribution >= 4 is 0 Å². The molecule has 1 aliphatic heterocycles. The van der Waals surface area contributed by atoms with Gasteiger partial charge in [0.05, 0.1) is 9.30 Å². The molecule has 0 aliphatic carbocycles. The summed E-state index contributed by atoms with van der Waals surface area (Å²) < 4.78 is 18.0. The fourth-order valence-corrected chi connectivity index (χ4v) is 1.02. The summed E-state index contributed by atoms with van der Waals surface area (Å²) in [6, 6.07) is 0. The highest BCUT2D eigenvalue weighted by atomic mass is 16.6. The molecule has 1 aliphatic rings. The first kappa shape index (κ1) is 7.19. The van der Waals surface area contributed by atoms with Gasteiger partial charge in [-0.05, 0) is 0 Å². The van der Waals surface area contributed by atoms with Crippen LogP contribution >= 0.6 is 0 Å². The standard InChI is InChI=1S/C6H12O6/c7-1-2(8)5-3(9)4(10)6(11)12-5/h2-11H,1H2/t2-,3-,4-,5-,6+/m1/s1/i1D2. The Hall–Kier alpha value is -0.240. The quantitative estimate of drug-likeness (QED) is 0.307. The van der Waals surface area contributed by atoms with Crippen LogP contribution in [0, 0.1) is 0 Å². The Morgan fingerprint density at radius 2 is 1.92 bits per heavy atom. The van der Waals surface area contributed by atoms with Gasteiger partial charge in [-0.2, -0.15) is 0 Å². The maximum atomic E-state index is 9.19. The van der Waals surface area contributed by atoms with Crippen LogP contribution in [0.15, 0.2) is 0 Å². The van der Waals surface area contributed by atoms with Gasteiger partial charge >= 0.3 is 0 Å². The predicted molar refractivity (Wildman–Crippen MR) is 36.0 cm³/mol. The van der Waals surface area contributed by atoms with Crippen molar-refractivity contribution in [3.63, 3.8) is 0 Å². The molecule has 6 heteroatoms. The first-order valence-corrected chi connectivity index (χ1v) is 3.35. The van der Waals surface area contributed by atoms with Gasteiger partial charge in [0.25, 0.3) is 0 Å². The van der Waals surface area contributed by atoms with Crippen LogP contribution < -0.4 is 0 Å². The predicted octanol–water partition coefficient (Wildman–Crippen LogP) is -3.22. The molecule has 6 nitrogen and oxygen atoms in total. The van der Waals surface area contributed by atoms with Crippen molar-refractivity contribution in [3.05, 3.63) is 0 Å². The highest BCUT2D eigenvalue weighted by Gasteiger charge is 2.44. The summed E-state index contributed by atoms with van der Waals surface area (Å²) in [4.78, 5) is 0. The Kier molecular flexibility index (Phi) is 2.19. The minimum Gasteiger partial charge on any atom is -0.394 e. The molecule has 0 aromatic heterocycles. The van der Waals surface area contributed by atoms with Crippen molar-refractivity contribution < 1.29 is 33.0 Å². The van der Waals surface area contributed by atoms with E-state index in [1.807, 2.05) is 0 Å². The number of aliphatic hydroxyl groups is 5. The molecule has 12 heavy (non-hydrogen) atoms. The summed E-state index contributed by atoms with van der Waals surface area (Å²) in [7, 11) is 0. The number of hydrogen-bond donors (Lipinski definition) is 5. The Bertz CT molecular complexity index is 207. The lowest BCUT2D eigenvalue weighted by molar-refractivity contribution is -0.150. The molecule has 0 bridgehead atoms. The summed E-state index contributed by atoms with van der Waals surface area (Å²) in [5, 5.41) is 45.0. The molecule has 0 radical (unpaired) electrons. The summed E-state index contributed by atoms with van der Waals surface area (Å²) in [6.45, 7) is -2.98. The van der Waals surface area contributed by atoms with Crippen molar-refractivity contribution in [3.8, 4) is 0 Å². The molecular formula is C6H12O6. The van der Waals surface area contributed by atoms with E-state index in [1.54, 1.807) is 0 Å². The number of aliphatic hydroxyl groups excluding tert-OH is 4. The molecule has 5 atom stereocenters. The lowest BCUT2D eigenvalue weighted by Gasteiger charge is -2.18. The fourth-order valence-electron chi connectivity index (χ4n) is 1.02. The monoisotopic (exact) mass is 182 g/mol. The van der Waals surface area contributed by atoms with Gasteiger partial charge in [0.2, 0.25) is 0 Å². The molecule has 1 rings (SSSR count). The second-order valence-corrected chi connectivity index (χ2v) is 2.55. The van der Waals surface area contributed by atoms with Crippen LogP contribution in [0.1, 0.15) is 2.74 Å². The summed E-state index contributed by atoms with van der Waals surface area (Å²) >= 11 is 0. The van der Waals surface area contributed by atoms with Crippen molar-refractivity contribution in [1.82, 2.24) is 0 Å². The van der Waals surface area contributed by atoms with Gasteiger partial charge in [-0.3, -0.25) is 0 Å². The van der Waals surface area contributed by atoms with E-state index in [0.717, 1.165) is 0 Å². The van der Waals surface area contributed by atoms with Crippen LogP contribution in [-0.4, -0.2) is 62.8 Å². The molecule has 0 aromatic rings. The first-order chi connectivity index (χ1) is 6.25. The van der Waals surface area contributed by atoms with Crippen LogP contribution in [0.2, 0.25) is 0 Å². The zero-order valence-corrected chi connectivity index (χ0v) is 6.03. The summed E-state index contributed by atoms with van der Waals surface area (Å²) in [5.74, 6) is 0. The first-order valence-electron chi connectivity index (χ1n) is 4.35. The van der Waals surface area contributed by atoms with Gasteiger partial charge in [-0.1, -0.05) is 0 Å². The zero-order chi connectivity index (χ0) is 11.1. The number of rotatable bonds is 2. The Morgan fingerprint density at radius 1 is 1.33 bits per heavy atom. The molecular weight excluding hydrogens is 168 g/mol. The van der Waals surface area contributed by atoms with Crippen molar-refractivity contribution in [2.75, 3.05) is 6.56 Å². The molecule has 5 N–H and O–H groups in total. The van der Waals surface area contributed by atoms with Gasteiger partial charge in [0.1, 0.15) is 24.4 Å². The Labute approximate surface area is 71.5 Å². The van der Waals surface area contributed by atoms with E-state index in [2.05, 4.69) is 4.74 Å². The van der Waals surface area contributed by atoms with Crippen LogP contribution in [0.4, 0.5) is 0 Å². The number of hydrogen-bond acceptors (Lipinski definition) is 6. The third-order valence-electron chi connectivity index (χ3n) is 1.72. The van der Waals surface area contributed by atoms with Gasteiger partial charge in [-0.25, -0.2) is 0 Å². The molecule has 72 valence electrons. The van der Waals surface area contributed by atoms with Gasteiger partial charge in [0.15, 0.2) is 6.29 Å². The molecule has 0 saturated carbocycles. The smallest absolute Gasteiger partial charge is 0.184 e. The van der Waals surface area contributed by atoms with E-state index in [0.29, 0.717) is 0 Å². The van der Waals surface area contributed by atoms with E-state index in [1.165, 1.54) is 0 Å². The minimum absolute atomic E-state index is 1.57. The van der Waals surface area contributed by atoms with E-state index in [4.69, 9.17) is 23.2 Å². The van der Waals surface area contributed by atoms with Gasteiger partial charge in [0, 0.05) is 0 Å². The summed E-state index contributed by atoms with van der Waals surface area (Å²) in [5.41, 5.74) is 0. The second-order valence-electron chi connectivity index (χ2n) is 2.55. The molecule has 0 unspecified atom stereocenters. The maximum Gasteiger partial charge on any atom is 0.184 e. The average Bonchev–Trinajstić information content (AvgIpc) is 2.30. The molecule has 0 amide bonds. The third kappa shape index (κ3) is 1.58. The van der Waals surface area contributed by atoms with Gasteiger partial charge < -0.3 is 30.3 Å². The number of ether oxygens (including phenoxy) is 1. The van der Waals surface area contributed by atoms with Crippen LogP contribution in [0.3, 0.4) is 0 Å². The Balaban J connectivity index is 2.71. The zero-order valence-electron chi connectivity index (χ0n) is 8.03. The van der Waals surface area contributed by atoms with E-state index in [-0.39, 0.29) is 0 Å². The van der Waals surface area contributed by atoms with Crippen LogP contribution in [-0.2, 0) is 4.74 Å². The fraction of sp³-hybridized carbons (Fsp3) is 1.00. The topological polar surface area (TPSA) is 110 Å². The highest BCUT2D eigenvalue weighted by molar-refractivity contribution is 4.89. The van der Waals surface area contributed by atoms with Gasteiger partial charge in [-0.15, -0.1) is 0 Å². The van der Waals surface area contributed by atoms with Crippen molar-refractivity contribution in [2.45, 2.75) is 30.7 Å². The SMILES string of the molecule is [2H]C([2H])(O)[C@@H](O)[C@H]1O[C@H](O)[C@H](O)[C@H]1O. The van der Waals surface area contributed by atoms with Crippen LogP contribution in [0.5, 0.6) is 0 Å². The molecule has 1 fully saturated rings. The van der Waals surface area contributed by atoms with Crippen LogP contribution in [0.25, 0.3) is 0 Å². The third-order valence-corrected chi connectivity index (χ3v) is 1.72. The lowest BCUT2D eigenvalue weighted by atomic mass is 10.1. The second kappa shape index (κ2) is 3.65. The normalized spacial score (nSPS) is 48.4. The molecule has 0 spiro atoms. The van der Waals surface area contributed by atoms with E-state index in [9.17, 15) is 5.11 Å². The van der Waals surface area contributed by atoms with Crippen molar-refractivity contribution in [1.29, 1.82) is 0 Å². The Morgan fingerprint density at radius 3 is 2.25 bits per heavy atom. The van der Waals surface area contributed by atoms with E-state index >= 15 is 0 Å². The van der Waals surface area contributed by atoms with Crippen molar-refractivity contribution in [2.24, 2.45) is 0 Å². The highest BCUT2D eigenvalue weighted by Crippen LogP contribution is 2.21. The molecule has 1 heterocycles. The maximum absolute atomic E-state index is 9.19. The summed E-state index contributed by atoms with van der Waals surface area (Å²) in [6.07, 6.45) is -8.60. The lowest BCUT2D eigenvalue weighted by Crippen LogP contribution is -2.40. The van der Waals surface area contributed by atoms with E-state index < -0.39 is 37.3 Å².